The molecule has 2 heterocycles. The Morgan fingerprint density at radius 2 is 2.09 bits per heavy atom. The van der Waals surface area contributed by atoms with Crippen molar-refractivity contribution in [3.8, 4) is 0 Å². The molecule has 124 valence electrons. The van der Waals surface area contributed by atoms with Crippen LogP contribution in [0.3, 0.4) is 0 Å². The van der Waals surface area contributed by atoms with Gasteiger partial charge < -0.3 is 10.4 Å². The summed E-state index contributed by atoms with van der Waals surface area (Å²) in [7, 11) is 0. The van der Waals surface area contributed by atoms with Crippen LogP contribution in [0.4, 0.5) is 0 Å². The third-order valence-corrected chi connectivity index (χ3v) is 3.41. The van der Waals surface area contributed by atoms with E-state index >= 15 is 0 Å². The van der Waals surface area contributed by atoms with Crippen molar-refractivity contribution in [1.29, 1.82) is 0 Å². The summed E-state index contributed by atoms with van der Waals surface area (Å²) in [4.78, 5) is 23.0. The molecule has 23 heavy (non-hydrogen) atoms. The van der Waals surface area contributed by atoms with Gasteiger partial charge in [0.15, 0.2) is 0 Å². The lowest BCUT2D eigenvalue weighted by molar-refractivity contribution is -0.137. The van der Waals surface area contributed by atoms with E-state index in [4.69, 9.17) is 5.11 Å². The fourth-order valence-corrected chi connectivity index (χ4v) is 2.37. The monoisotopic (exact) mass is 319 g/mol. The molecule has 0 aliphatic heterocycles. The molecule has 0 saturated heterocycles. The largest absolute Gasteiger partial charge is 0.481 e. The number of hydrogen-bond acceptors (Lipinski definition) is 4. The van der Waals surface area contributed by atoms with Gasteiger partial charge in [-0.2, -0.15) is 10.2 Å². The van der Waals surface area contributed by atoms with Crippen LogP contribution < -0.4 is 5.32 Å². The van der Waals surface area contributed by atoms with E-state index in [0.29, 0.717) is 12.2 Å². The van der Waals surface area contributed by atoms with E-state index in [1.54, 1.807) is 6.07 Å². The molecule has 2 aromatic heterocycles. The number of carbonyl (C=O) groups is 2. The smallest absolute Gasteiger partial charge is 0.305 e. The fraction of sp³-hybridized carbons (Fsp3) is 0.467. The van der Waals surface area contributed by atoms with Crippen LogP contribution in [0.5, 0.6) is 0 Å². The first-order valence-corrected chi connectivity index (χ1v) is 7.42. The van der Waals surface area contributed by atoms with Crippen LogP contribution in [0.25, 0.3) is 0 Å². The maximum atomic E-state index is 12.3. The molecule has 0 bridgehead atoms. The summed E-state index contributed by atoms with van der Waals surface area (Å²) >= 11 is 0. The molecular formula is C15H21N5O3. The normalized spacial score (nSPS) is 12.1. The second kappa shape index (κ2) is 7.08. The molecule has 0 spiro atoms. The number of rotatable bonds is 7. The molecule has 0 aliphatic carbocycles. The van der Waals surface area contributed by atoms with Crippen molar-refractivity contribution in [1.82, 2.24) is 24.9 Å². The molecule has 0 radical (unpaired) electrons. The maximum absolute atomic E-state index is 12.3. The van der Waals surface area contributed by atoms with E-state index in [1.807, 2.05) is 31.5 Å². The van der Waals surface area contributed by atoms with Gasteiger partial charge >= 0.3 is 5.97 Å². The van der Waals surface area contributed by atoms with Gasteiger partial charge in [0.2, 0.25) is 0 Å². The third kappa shape index (κ3) is 4.41. The Hall–Kier alpha value is -2.64. The van der Waals surface area contributed by atoms with Crippen LogP contribution in [0, 0.1) is 13.8 Å². The second-order valence-electron chi connectivity index (χ2n) is 5.57. The predicted octanol–water partition coefficient (Wildman–Crippen LogP) is 0.990. The average molecular weight is 319 g/mol. The van der Waals surface area contributed by atoms with Crippen molar-refractivity contribution in [2.45, 2.75) is 46.3 Å². The first-order valence-electron chi connectivity index (χ1n) is 7.42. The first kappa shape index (κ1) is 16.7. The second-order valence-corrected chi connectivity index (χ2v) is 5.57. The molecule has 0 saturated carbocycles. The number of carboxylic acid groups (broad SMARTS) is 1. The molecule has 8 heteroatoms. The van der Waals surface area contributed by atoms with E-state index in [2.05, 4.69) is 15.5 Å². The van der Waals surface area contributed by atoms with Crippen LogP contribution in [-0.4, -0.2) is 42.6 Å². The molecule has 1 unspecified atom stereocenters. The Morgan fingerprint density at radius 3 is 2.70 bits per heavy atom. The number of aryl methyl sites for hydroxylation is 3. The van der Waals surface area contributed by atoms with Crippen LogP contribution in [0.1, 0.15) is 35.2 Å². The van der Waals surface area contributed by atoms with E-state index in [9.17, 15) is 9.59 Å². The topological polar surface area (TPSA) is 102 Å². The van der Waals surface area contributed by atoms with Gasteiger partial charge in [0.25, 0.3) is 5.91 Å². The van der Waals surface area contributed by atoms with E-state index in [0.717, 1.165) is 11.4 Å². The van der Waals surface area contributed by atoms with Crippen LogP contribution in [-0.2, 0) is 17.9 Å². The van der Waals surface area contributed by atoms with Crippen LogP contribution in [0.2, 0.25) is 0 Å². The third-order valence-electron chi connectivity index (χ3n) is 3.41. The SMILES string of the molecule is Cc1cc(C)n(CC(C)NC(=O)c2ccnn2CCC(=O)O)n1. The quantitative estimate of drug-likeness (QED) is 0.792. The zero-order valence-electron chi connectivity index (χ0n) is 13.5. The van der Waals surface area contributed by atoms with Crippen LogP contribution in [0.15, 0.2) is 18.3 Å². The summed E-state index contributed by atoms with van der Waals surface area (Å²) in [5.74, 6) is -1.20. The summed E-state index contributed by atoms with van der Waals surface area (Å²) in [6, 6.07) is 3.44. The predicted molar refractivity (Wildman–Crippen MR) is 83.1 cm³/mol. The molecule has 2 N–H and O–H groups in total. The number of aliphatic carboxylic acids is 1. The lowest BCUT2D eigenvalue weighted by Crippen LogP contribution is -2.37. The molecule has 0 fully saturated rings. The molecule has 8 nitrogen and oxygen atoms in total. The van der Waals surface area contributed by atoms with Crippen molar-refractivity contribution in [2.24, 2.45) is 0 Å². The Morgan fingerprint density at radius 1 is 1.35 bits per heavy atom. The molecule has 2 rings (SSSR count). The van der Waals surface area contributed by atoms with E-state index in [1.165, 1.54) is 10.9 Å². The van der Waals surface area contributed by atoms with Crippen LogP contribution >= 0.6 is 0 Å². The van der Waals surface area contributed by atoms with Gasteiger partial charge in [0.1, 0.15) is 5.69 Å². The number of nitrogens with one attached hydrogen (secondary N) is 1. The Labute approximate surface area is 134 Å². The van der Waals surface area contributed by atoms with Gasteiger partial charge in [-0.25, -0.2) is 0 Å². The molecule has 2 aromatic rings. The van der Waals surface area contributed by atoms with Crippen molar-refractivity contribution in [3.05, 3.63) is 35.4 Å². The zero-order chi connectivity index (χ0) is 17.0. The lowest BCUT2D eigenvalue weighted by Gasteiger charge is -2.15. The highest BCUT2D eigenvalue weighted by atomic mass is 16.4. The highest BCUT2D eigenvalue weighted by Gasteiger charge is 2.16. The summed E-state index contributed by atoms with van der Waals surface area (Å²) in [6.07, 6.45) is 1.41. The molecule has 1 amide bonds. The number of hydrogen-bond donors (Lipinski definition) is 2. The molecule has 0 aliphatic rings. The summed E-state index contributed by atoms with van der Waals surface area (Å²) in [5, 5.41) is 20.0. The van der Waals surface area contributed by atoms with Gasteiger partial charge in [0, 0.05) is 17.9 Å². The number of carboxylic acids is 1. The summed E-state index contributed by atoms with van der Waals surface area (Å²) in [5.41, 5.74) is 2.33. The minimum absolute atomic E-state index is 0.0801. The van der Waals surface area contributed by atoms with E-state index in [-0.39, 0.29) is 24.9 Å². The molecule has 1 atom stereocenters. The number of amides is 1. The molecular weight excluding hydrogens is 298 g/mol. The van der Waals surface area contributed by atoms with Gasteiger partial charge in [0.05, 0.1) is 25.2 Å². The Kier molecular flexibility index (Phi) is 5.15. The first-order chi connectivity index (χ1) is 10.9. The maximum Gasteiger partial charge on any atom is 0.305 e. The highest BCUT2D eigenvalue weighted by molar-refractivity contribution is 5.92. The minimum atomic E-state index is -0.926. The van der Waals surface area contributed by atoms with Gasteiger partial charge in [-0.3, -0.25) is 19.0 Å². The highest BCUT2D eigenvalue weighted by Crippen LogP contribution is 2.05. The standard InChI is InChI=1S/C15H21N5O3/c1-10-8-12(3)20(18-10)9-11(2)17-15(23)13-4-6-16-19(13)7-5-14(21)22/h4,6,8,11H,5,7,9H2,1-3H3,(H,17,23)(H,21,22). The number of aromatic nitrogens is 4. The van der Waals surface area contributed by atoms with Crippen molar-refractivity contribution < 1.29 is 14.7 Å². The minimum Gasteiger partial charge on any atom is -0.481 e. The summed E-state index contributed by atoms with van der Waals surface area (Å²) in [6.45, 7) is 6.52. The molecule has 0 aromatic carbocycles. The fourth-order valence-electron chi connectivity index (χ4n) is 2.37. The van der Waals surface area contributed by atoms with Crippen molar-refractivity contribution >= 4 is 11.9 Å². The summed E-state index contributed by atoms with van der Waals surface area (Å²) < 4.78 is 3.25. The van der Waals surface area contributed by atoms with Gasteiger partial charge in [-0.1, -0.05) is 0 Å². The van der Waals surface area contributed by atoms with Gasteiger partial charge in [-0.15, -0.1) is 0 Å². The number of nitrogens with zero attached hydrogens (tertiary/aromatic N) is 4. The van der Waals surface area contributed by atoms with Crippen molar-refractivity contribution in [2.75, 3.05) is 0 Å². The van der Waals surface area contributed by atoms with E-state index < -0.39 is 5.97 Å². The van der Waals surface area contributed by atoms with Gasteiger partial charge in [-0.05, 0) is 32.9 Å². The lowest BCUT2D eigenvalue weighted by atomic mass is 10.3. The number of carbonyl (C=O) groups excluding carboxylic acids is 1. The van der Waals surface area contributed by atoms with Crippen molar-refractivity contribution in [3.63, 3.8) is 0 Å². The average Bonchev–Trinajstić information content (AvgIpc) is 3.03. The Bertz CT molecular complexity index is 704. The zero-order valence-corrected chi connectivity index (χ0v) is 13.5. The Balaban J connectivity index is 1.97.